The van der Waals surface area contributed by atoms with E-state index < -0.39 is 11.5 Å². The number of hydrogen-bond donors (Lipinski definition) is 3. The monoisotopic (exact) mass is 666 g/mol. The van der Waals surface area contributed by atoms with Crippen LogP contribution in [0.2, 0.25) is 15.1 Å². The normalized spacial score (nSPS) is 17.2. The van der Waals surface area contributed by atoms with Crippen molar-refractivity contribution in [3.8, 4) is 28.3 Å². The molecule has 13 heteroatoms. The van der Waals surface area contributed by atoms with E-state index >= 15 is 0 Å². The van der Waals surface area contributed by atoms with Crippen molar-refractivity contribution in [2.24, 2.45) is 7.05 Å². The zero-order valence-corrected chi connectivity index (χ0v) is 26.7. The largest absolute Gasteiger partial charge is 0.481 e. The summed E-state index contributed by atoms with van der Waals surface area (Å²) in [5, 5.41) is 13.7. The van der Waals surface area contributed by atoms with Gasteiger partial charge in [0.25, 0.3) is 11.5 Å². The van der Waals surface area contributed by atoms with Gasteiger partial charge in [-0.25, -0.2) is 9.67 Å². The van der Waals surface area contributed by atoms with Crippen LogP contribution in [0.4, 0.5) is 5.69 Å². The first-order valence-corrected chi connectivity index (χ1v) is 15.5. The fourth-order valence-corrected chi connectivity index (χ4v) is 6.71. The van der Waals surface area contributed by atoms with Crippen LogP contribution in [-0.2, 0) is 18.3 Å². The van der Waals surface area contributed by atoms with Crippen LogP contribution in [0.25, 0.3) is 22.4 Å². The van der Waals surface area contributed by atoms with E-state index in [1.165, 1.54) is 13.2 Å². The van der Waals surface area contributed by atoms with Gasteiger partial charge in [0, 0.05) is 54.4 Å². The average Bonchev–Trinajstić information content (AvgIpc) is 3.64. The molecule has 1 aliphatic heterocycles. The van der Waals surface area contributed by atoms with Gasteiger partial charge >= 0.3 is 0 Å². The summed E-state index contributed by atoms with van der Waals surface area (Å²) in [5.41, 5.74) is 4.11. The second kappa shape index (κ2) is 12.8. The molecule has 2 aromatic heterocycles. The van der Waals surface area contributed by atoms with E-state index in [0.29, 0.717) is 46.3 Å². The lowest BCUT2D eigenvalue weighted by Gasteiger charge is -2.20. The third-order valence-electron chi connectivity index (χ3n) is 8.18. The maximum Gasteiger partial charge on any atom is 0.280 e. The first-order chi connectivity index (χ1) is 21.7. The number of halogens is 3. The number of benzene rings is 2. The van der Waals surface area contributed by atoms with Gasteiger partial charge in [-0.05, 0) is 37.0 Å². The van der Waals surface area contributed by atoms with Crippen LogP contribution in [0.5, 0.6) is 5.88 Å². The van der Waals surface area contributed by atoms with Gasteiger partial charge in [0.05, 0.1) is 39.8 Å². The lowest BCUT2D eigenvalue weighted by molar-refractivity contribution is -0.119. The molecule has 2 amide bonds. The summed E-state index contributed by atoms with van der Waals surface area (Å²) in [6.07, 6.45) is 4.35. The fourth-order valence-electron chi connectivity index (χ4n) is 5.90. The van der Waals surface area contributed by atoms with Gasteiger partial charge in [0.2, 0.25) is 11.8 Å². The topological polar surface area (TPSA) is 127 Å². The minimum Gasteiger partial charge on any atom is -0.481 e. The summed E-state index contributed by atoms with van der Waals surface area (Å²) in [6, 6.07) is 13.0. The number of aryl methyl sites for hydroxylation is 2. The Morgan fingerprint density at radius 1 is 1.04 bits per heavy atom. The molecule has 45 heavy (non-hydrogen) atoms. The summed E-state index contributed by atoms with van der Waals surface area (Å²) in [6.45, 7) is 0.682. The Hall–Kier alpha value is -3.96. The number of fused-ring (bicyclic) bond motifs is 1. The highest BCUT2D eigenvalue weighted by molar-refractivity contribution is 6.40. The summed E-state index contributed by atoms with van der Waals surface area (Å²) in [4.78, 5) is 42.0. The van der Waals surface area contributed by atoms with E-state index in [9.17, 15) is 14.4 Å². The van der Waals surface area contributed by atoms with E-state index in [1.807, 2.05) is 24.3 Å². The molecule has 0 saturated carbocycles. The molecule has 3 N–H and O–H groups in total. The molecule has 1 fully saturated rings. The smallest absolute Gasteiger partial charge is 0.280 e. The molecule has 6 rings (SSSR count). The van der Waals surface area contributed by atoms with Gasteiger partial charge in [-0.3, -0.25) is 14.4 Å². The van der Waals surface area contributed by atoms with Crippen molar-refractivity contribution in [3.63, 3.8) is 0 Å². The maximum atomic E-state index is 13.0. The van der Waals surface area contributed by atoms with Crippen molar-refractivity contribution in [3.05, 3.63) is 90.8 Å². The van der Waals surface area contributed by atoms with Gasteiger partial charge in [-0.2, -0.15) is 5.10 Å². The highest BCUT2D eigenvalue weighted by Gasteiger charge is 2.30. The number of carbonyl (C=O) groups is 2. The number of rotatable bonds is 8. The first-order valence-electron chi connectivity index (χ1n) is 14.4. The molecular weight excluding hydrogens is 639 g/mol. The Morgan fingerprint density at radius 2 is 1.78 bits per heavy atom. The quantitative estimate of drug-likeness (QED) is 0.224. The second-order valence-electron chi connectivity index (χ2n) is 11.0. The molecule has 4 aromatic rings. The number of amides is 2. The Bertz CT molecular complexity index is 1900. The Balaban J connectivity index is 1.29. The zero-order valence-electron chi connectivity index (χ0n) is 24.4. The predicted molar refractivity (Wildman–Crippen MR) is 174 cm³/mol. The molecule has 2 aromatic carbocycles. The van der Waals surface area contributed by atoms with Crippen LogP contribution in [0.15, 0.2) is 53.5 Å². The number of anilines is 1. The van der Waals surface area contributed by atoms with E-state index in [1.54, 1.807) is 25.3 Å². The molecule has 232 valence electrons. The number of hydrogen-bond acceptors (Lipinski definition) is 7. The SMILES string of the molecule is COc1nc(-c2cccc(-c3cccc(NC(=O)c4c(Cl)cnn(C)c4=O)c3Cl)c2Cl)cc2c1[C@@H](NC[C@@H]1CCC(=O)N1)CC2. The third kappa shape index (κ3) is 6.03. The van der Waals surface area contributed by atoms with Crippen LogP contribution in [-0.4, -0.2) is 46.3 Å². The summed E-state index contributed by atoms with van der Waals surface area (Å²) >= 11 is 20.0. The molecule has 1 saturated heterocycles. The predicted octanol–water partition coefficient (Wildman–Crippen LogP) is 5.59. The van der Waals surface area contributed by atoms with Gasteiger partial charge < -0.3 is 20.7 Å². The first kappa shape index (κ1) is 31.0. The van der Waals surface area contributed by atoms with Crippen molar-refractivity contribution in [2.45, 2.75) is 37.8 Å². The molecule has 2 aliphatic rings. The van der Waals surface area contributed by atoms with Gasteiger partial charge in [-0.15, -0.1) is 0 Å². The molecule has 0 unspecified atom stereocenters. The van der Waals surface area contributed by atoms with Gasteiger partial charge in [0.15, 0.2) is 0 Å². The summed E-state index contributed by atoms with van der Waals surface area (Å²) in [7, 11) is 3.03. The van der Waals surface area contributed by atoms with Crippen LogP contribution < -0.4 is 26.2 Å². The highest BCUT2D eigenvalue weighted by Crippen LogP contribution is 2.44. The average molecular weight is 668 g/mol. The summed E-state index contributed by atoms with van der Waals surface area (Å²) in [5.74, 6) is -0.0912. The number of carbonyl (C=O) groups excluding carboxylic acids is 2. The molecule has 10 nitrogen and oxygen atoms in total. The Kier molecular flexibility index (Phi) is 8.83. The Morgan fingerprint density at radius 3 is 2.51 bits per heavy atom. The molecule has 0 spiro atoms. The number of ether oxygens (including phenoxy) is 1. The van der Waals surface area contributed by atoms with Crippen molar-refractivity contribution in [1.82, 2.24) is 25.4 Å². The molecule has 3 heterocycles. The number of methoxy groups -OCH3 is 1. The van der Waals surface area contributed by atoms with Gasteiger partial charge in [-0.1, -0.05) is 65.1 Å². The standard InChI is InChI=1S/C32H29Cl3N6O4/c1-41-32(44)27(21(33)15-37-41)30(43)39-23-8-4-6-19(29(23)35)18-5-3-7-20(28(18)34)24-13-16-9-11-22(26(16)31(40-24)45-2)36-14-17-10-12-25(42)38-17/h3-8,13,15,17,22,36H,9-12,14H2,1-2H3,(H,38,42)(H,39,43)/t17-,22-/m0/s1. The van der Waals surface area contributed by atoms with Gasteiger partial charge in [0.1, 0.15) is 5.56 Å². The van der Waals surface area contributed by atoms with E-state index in [0.717, 1.165) is 35.1 Å². The minimum atomic E-state index is -0.711. The van der Waals surface area contributed by atoms with E-state index in [4.69, 9.17) is 44.5 Å². The van der Waals surface area contributed by atoms with Crippen LogP contribution in [0.1, 0.15) is 46.8 Å². The third-order valence-corrected chi connectivity index (χ3v) is 9.28. The maximum absolute atomic E-state index is 13.0. The lowest BCUT2D eigenvalue weighted by Crippen LogP contribution is -2.36. The minimum absolute atomic E-state index is 0.0646. The van der Waals surface area contributed by atoms with Crippen LogP contribution >= 0.6 is 34.8 Å². The van der Waals surface area contributed by atoms with E-state index in [2.05, 4.69) is 21.0 Å². The number of nitrogens with zero attached hydrogens (tertiary/aromatic N) is 3. The van der Waals surface area contributed by atoms with Crippen molar-refractivity contribution >= 4 is 52.3 Å². The number of pyridine rings is 1. The molecule has 0 radical (unpaired) electrons. The van der Waals surface area contributed by atoms with Crippen molar-refractivity contribution < 1.29 is 14.3 Å². The molecular formula is C32H29Cl3N6O4. The second-order valence-corrected chi connectivity index (χ2v) is 12.1. The van der Waals surface area contributed by atoms with Crippen LogP contribution in [0.3, 0.4) is 0 Å². The number of nitrogens with one attached hydrogen (secondary N) is 3. The lowest BCUT2D eigenvalue weighted by atomic mass is 9.99. The van der Waals surface area contributed by atoms with E-state index in [-0.39, 0.29) is 39.3 Å². The zero-order chi connectivity index (χ0) is 31.8. The fraction of sp³-hybridized carbons (Fsp3) is 0.281. The number of aromatic nitrogens is 3. The van der Waals surface area contributed by atoms with Crippen molar-refractivity contribution in [2.75, 3.05) is 19.0 Å². The molecule has 1 aliphatic carbocycles. The molecule has 0 bridgehead atoms. The van der Waals surface area contributed by atoms with Crippen LogP contribution in [0, 0.1) is 0 Å². The molecule has 2 atom stereocenters. The van der Waals surface area contributed by atoms with Crippen molar-refractivity contribution in [1.29, 1.82) is 0 Å². The summed E-state index contributed by atoms with van der Waals surface area (Å²) < 4.78 is 6.79. The highest BCUT2D eigenvalue weighted by atomic mass is 35.5. The Labute approximate surface area is 274 Å².